The molecule has 1 aromatic heterocycles. The molecule has 0 atom stereocenters. The fourth-order valence-electron chi connectivity index (χ4n) is 2.65. The maximum Gasteiger partial charge on any atom is 0.218 e. The second-order valence-corrected chi connectivity index (χ2v) is 6.41. The van der Waals surface area contributed by atoms with Gasteiger partial charge in [0.05, 0.1) is 10.8 Å². The highest BCUT2D eigenvalue weighted by Gasteiger charge is 2.32. The maximum atomic E-state index is 12.7. The Morgan fingerprint density at radius 3 is 2.21 bits per heavy atom. The van der Waals surface area contributed by atoms with Crippen LogP contribution in [0.4, 0.5) is 0 Å². The maximum absolute atomic E-state index is 12.7. The van der Waals surface area contributed by atoms with E-state index < -0.39 is 5.85 Å². The Bertz CT molecular complexity index is 936. The van der Waals surface area contributed by atoms with Crippen molar-refractivity contribution >= 4 is 21.9 Å². The molecule has 0 amide bonds. The standard InChI is InChI=1S/C19H22N2O3/c1-19(20(2)3,21(4)5)24-13-10-11-17-15(12-13)18(22)14-8-6-7-9-16(14)23-17/h6-12H,1-5H3. The Hall–Kier alpha value is -2.37. The minimum absolute atomic E-state index is 0.0475. The molecule has 3 rings (SSSR count). The van der Waals surface area contributed by atoms with Gasteiger partial charge in [-0.25, -0.2) is 0 Å². The molecule has 0 spiro atoms. The van der Waals surface area contributed by atoms with Crippen molar-refractivity contribution in [3.8, 4) is 5.75 Å². The molecule has 0 aliphatic carbocycles. The molecule has 24 heavy (non-hydrogen) atoms. The van der Waals surface area contributed by atoms with Gasteiger partial charge in [-0.3, -0.25) is 14.6 Å². The van der Waals surface area contributed by atoms with Gasteiger partial charge in [-0.05, 0) is 58.5 Å². The summed E-state index contributed by atoms with van der Waals surface area (Å²) in [4.78, 5) is 16.7. The normalized spacial score (nSPS) is 12.5. The lowest BCUT2D eigenvalue weighted by molar-refractivity contribution is -0.144. The fraction of sp³-hybridized carbons (Fsp3) is 0.316. The van der Waals surface area contributed by atoms with Crippen LogP contribution in [0.1, 0.15) is 6.92 Å². The van der Waals surface area contributed by atoms with Crippen molar-refractivity contribution in [3.63, 3.8) is 0 Å². The van der Waals surface area contributed by atoms with Crippen LogP contribution in [-0.4, -0.2) is 43.8 Å². The Morgan fingerprint density at radius 2 is 1.54 bits per heavy atom. The fourth-order valence-corrected chi connectivity index (χ4v) is 2.65. The molecule has 0 saturated heterocycles. The average Bonchev–Trinajstić information content (AvgIpc) is 2.55. The van der Waals surface area contributed by atoms with E-state index in [2.05, 4.69) is 0 Å². The van der Waals surface area contributed by atoms with Crippen LogP contribution in [0.15, 0.2) is 51.7 Å². The quantitative estimate of drug-likeness (QED) is 0.544. The lowest BCUT2D eigenvalue weighted by Gasteiger charge is -2.41. The third-order valence-corrected chi connectivity index (χ3v) is 4.52. The summed E-state index contributed by atoms with van der Waals surface area (Å²) >= 11 is 0. The van der Waals surface area contributed by atoms with Gasteiger partial charge in [0.2, 0.25) is 11.3 Å². The molecule has 1 heterocycles. The largest absolute Gasteiger partial charge is 0.460 e. The molecular formula is C19H22N2O3. The van der Waals surface area contributed by atoms with E-state index in [-0.39, 0.29) is 5.43 Å². The average molecular weight is 326 g/mol. The highest BCUT2D eigenvalue weighted by atomic mass is 16.5. The van der Waals surface area contributed by atoms with Crippen molar-refractivity contribution in [2.75, 3.05) is 28.2 Å². The van der Waals surface area contributed by atoms with E-state index in [0.29, 0.717) is 27.7 Å². The zero-order chi connectivity index (χ0) is 17.5. The number of para-hydroxylation sites is 1. The Morgan fingerprint density at radius 1 is 0.917 bits per heavy atom. The van der Waals surface area contributed by atoms with Crippen molar-refractivity contribution in [2.45, 2.75) is 12.8 Å². The zero-order valence-corrected chi connectivity index (χ0v) is 14.7. The molecule has 0 saturated carbocycles. The van der Waals surface area contributed by atoms with Crippen molar-refractivity contribution in [3.05, 3.63) is 52.7 Å². The smallest absolute Gasteiger partial charge is 0.218 e. The SMILES string of the molecule is CN(C)C(C)(Oc1ccc2oc3ccccc3c(=O)c2c1)N(C)C. The number of rotatable bonds is 4. The highest BCUT2D eigenvalue weighted by molar-refractivity contribution is 5.90. The van der Waals surface area contributed by atoms with Gasteiger partial charge >= 0.3 is 0 Å². The number of hydrogen-bond acceptors (Lipinski definition) is 5. The molecule has 0 unspecified atom stereocenters. The van der Waals surface area contributed by atoms with E-state index >= 15 is 0 Å². The summed E-state index contributed by atoms with van der Waals surface area (Å²) in [5, 5.41) is 1.09. The summed E-state index contributed by atoms with van der Waals surface area (Å²) < 4.78 is 12.0. The lowest BCUT2D eigenvalue weighted by atomic mass is 10.1. The molecule has 0 aliphatic rings. The van der Waals surface area contributed by atoms with Gasteiger partial charge in [-0.2, -0.15) is 0 Å². The van der Waals surface area contributed by atoms with Crippen molar-refractivity contribution in [1.29, 1.82) is 0 Å². The van der Waals surface area contributed by atoms with Gasteiger partial charge in [-0.1, -0.05) is 12.1 Å². The van der Waals surface area contributed by atoms with Crippen LogP contribution >= 0.6 is 0 Å². The topological polar surface area (TPSA) is 45.9 Å². The molecule has 0 radical (unpaired) electrons. The van der Waals surface area contributed by atoms with Crippen LogP contribution < -0.4 is 10.2 Å². The van der Waals surface area contributed by atoms with Crippen LogP contribution in [-0.2, 0) is 0 Å². The summed E-state index contributed by atoms with van der Waals surface area (Å²) in [5.74, 6) is -0.0139. The van der Waals surface area contributed by atoms with E-state index in [1.807, 2.05) is 63.1 Å². The minimum atomic E-state index is -0.634. The molecule has 3 aromatic rings. The summed E-state index contributed by atoms with van der Waals surface area (Å²) in [7, 11) is 7.79. The highest BCUT2D eigenvalue weighted by Crippen LogP contribution is 2.26. The van der Waals surface area contributed by atoms with Gasteiger partial charge < -0.3 is 9.15 Å². The first kappa shape index (κ1) is 16.5. The number of nitrogens with zero attached hydrogens (tertiary/aromatic N) is 2. The van der Waals surface area contributed by atoms with Crippen LogP contribution in [0.25, 0.3) is 21.9 Å². The number of fused-ring (bicyclic) bond motifs is 2. The van der Waals surface area contributed by atoms with Gasteiger partial charge in [-0.15, -0.1) is 0 Å². The van der Waals surface area contributed by atoms with Gasteiger partial charge in [0.15, 0.2) is 0 Å². The van der Waals surface area contributed by atoms with Gasteiger partial charge in [0.1, 0.15) is 16.9 Å². The first-order chi connectivity index (χ1) is 11.3. The summed E-state index contributed by atoms with van der Waals surface area (Å²) in [6.07, 6.45) is 0. The van der Waals surface area contributed by atoms with E-state index in [1.54, 1.807) is 24.3 Å². The molecule has 0 N–H and O–H groups in total. The van der Waals surface area contributed by atoms with Crippen LogP contribution in [0, 0.1) is 0 Å². The predicted octanol–water partition coefficient (Wildman–Crippen LogP) is 3.12. The third kappa shape index (κ3) is 2.66. The molecule has 0 aliphatic heterocycles. The molecule has 0 bridgehead atoms. The number of hydrogen-bond donors (Lipinski definition) is 0. The Balaban J connectivity index is 2.13. The Labute approximate surface area is 141 Å². The van der Waals surface area contributed by atoms with Crippen LogP contribution in [0.2, 0.25) is 0 Å². The van der Waals surface area contributed by atoms with Gasteiger partial charge in [0, 0.05) is 6.92 Å². The summed E-state index contributed by atoms with van der Waals surface area (Å²) in [6.45, 7) is 1.97. The van der Waals surface area contributed by atoms with E-state index in [9.17, 15) is 4.79 Å². The van der Waals surface area contributed by atoms with Crippen LogP contribution in [0.5, 0.6) is 5.75 Å². The second-order valence-electron chi connectivity index (χ2n) is 6.41. The van der Waals surface area contributed by atoms with Gasteiger partial charge in [0.25, 0.3) is 0 Å². The molecule has 2 aromatic carbocycles. The number of benzene rings is 2. The third-order valence-electron chi connectivity index (χ3n) is 4.52. The molecule has 0 fully saturated rings. The van der Waals surface area contributed by atoms with E-state index in [0.717, 1.165) is 0 Å². The van der Waals surface area contributed by atoms with E-state index in [4.69, 9.17) is 9.15 Å². The second kappa shape index (κ2) is 5.92. The molecule has 5 nitrogen and oxygen atoms in total. The summed E-state index contributed by atoms with van der Waals surface area (Å²) in [6, 6.07) is 12.6. The Kier molecular flexibility index (Phi) is 4.07. The molecule has 5 heteroatoms. The lowest BCUT2D eigenvalue weighted by Crippen LogP contribution is -2.57. The van der Waals surface area contributed by atoms with Crippen LogP contribution in [0.3, 0.4) is 0 Å². The van der Waals surface area contributed by atoms with Crippen molar-refractivity contribution < 1.29 is 9.15 Å². The monoisotopic (exact) mass is 326 g/mol. The summed E-state index contributed by atoms with van der Waals surface area (Å²) in [5.41, 5.74) is 1.10. The van der Waals surface area contributed by atoms with Crippen molar-refractivity contribution in [2.24, 2.45) is 0 Å². The molecule has 126 valence electrons. The number of ether oxygens (including phenoxy) is 1. The predicted molar refractivity (Wildman–Crippen MR) is 96.4 cm³/mol. The first-order valence-corrected chi connectivity index (χ1v) is 7.82. The van der Waals surface area contributed by atoms with E-state index in [1.165, 1.54) is 0 Å². The minimum Gasteiger partial charge on any atom is -0.460 e. The first-order valence-electron chi connectivity index (χ1n) is 7.82. The van der Waals surface area contributed by atoms with Crippen molar-refractivity contribution in [1.82, 2.24) is 9.80 Å². The zero-order valence-electron chi connectivity index (χ0n) is 14.7. The molecular weight excluding hydrogens is 304 g/mol.